The molecule has 4 rings (SSSR count). The number of pyridine rings is 1. The number of hydrogen-bond acceptors (Lipinski definition) is 3. The van der Waals surface area contributed by atoms with Crippen LogP contribution in [0.2, 0.25) is 0 Å². The van der Waals surface area contributed by atoms with Crippen LogP contribution < -0.4 is 4.42 Å². The van der Waals surface area contributed by atoms with Gasteiger partial charge in [0.15, 0.2) is 0 Å². The van der Waals surface area contributed by atoms with Gasteiger partial charge in [-0.2, -0.15) is 5.26 Å². The van der Waals surface area contributed by atoms with Gasteiger partial charge in [0.25, 0.3) is 0 Å². The Morgan fingerprint density at radius 2 is 1.79 bits per heavy atom. The summed E-state index contributed by atoms with van der Waals surface area (Å²) in [4.78, 5) is 17.1. The van der Waals surface area contributed by atoms with Crippen molar-refractivity contribution in [3.05, 3.63) is 71.9 Å². The van der Waals surface area contributed by atoms with Crippen LogP contribution >= 0.6 is 11.8 Å². The minimum atomic E-state index is -0.0887. The summed E-state index contributed by atoms with van der Waals surface area (Å²) in [5.74, 6) is 0.778. The third-order valence-corrected chi connectivity index (χ3v) is 6.26. The van der Waals surface area contributed by atoms with Gasteiger partial charge < -0.3 is 0 Å². The highest BCUT2D eigenvalue weighted by Crippen LogP contribution is 2.39. The third kappa shape index (κ3) is 4.26. The average Bonchev–Trinajstić information content (AvgIpc) is 2.79. The van der Waals surface area contributed by atoms with Gasteiger partial charge in [-0.05, 0) is 79.5 Å². The van der Waals surface area contributed by atoms with Crippen LogP contribution in [0.15, 0.2) is 60.8 Å². The molecule has 2 aromatic carbocycles. The Labute approximate surface area is 175 Å². The standard InChI is InChI=1S/C24H22ClN3O/c25-28(20-11-7-18(16-26)8-12-20)24(29)15-17-5-9-19(10-6-17)21-13-14-27-23-4-2-1-3-22(21)23/h1-4,7-8,11-14,17,19H,5-6,9-10,15H2. The summed E-state index contributed by atoms with van der Waals surface area (Å²) in [6.45, 7) is 0. The monoisotopic (exact) mass is 403 g/mol. The predicted molar refractivity (Wildman–Crippen MR) is 116 cm³/mol. The van der Waals surface area contributed by atoms with Crippen molar-refractivity contribution in [3.8, 4) is 6.07 Å². The van der Waals surface area contributed by atoms with E-state index in [1.165, 1.54) is 15.4 Å². The lowest BCUT2D eigenvalue weighted by molar-refractivity contribution is -0.118. The van der Waals surface area contributed by atoms with Crippen LogP contribution in [0.5, 0.6) is 0 Å². The van der Waals surface area contributed by atoms with Crippen molar-refractivity contribution in [1.29, 1.82) is 5.26 Å². The second kappa shape index (κ2) is 8.63. The van der Waals surface area contributed by atoms with Gasteiger partial charge in [-0.25, -0.2) is 4.42 Å². The highest BCUT2D eigenvalue weighted by molar-refractivity contribution is 6.36. The smallest absolute Gasteiger partial charge is 0.241 e. The van der Waals surface area contributed by atoms with Gasteiger partial charge in [0.1, 0.15) is 0 Å². The molecule has 1 saturated carbocycles. The Morgan fingerprint density at radius 1 is 1.07 bits per heavy atom. The maximum atomic E-state index is 12.6. The van der Waals surface area contributed by atoms with Gasteiger partial charge in [-0.1, -0.05) is 18.2 Å². The summed E-state index contributed by atoms with van der Waals surface area (Å²) in [6.07, 6.45) is 6.54. The molecule has 0 bridgehead atoms. The van der Waals surface area contributed by atoms with Gasteiger partial charge in [0.05, 0.1) is 22.8 Å². The minimum Gasteiger partial charge on any atom is -0.273 e. The highest BCUT2D eigenvalue weighted by Gasteiger charge is 2.27. The zero-order chi connectivity index (χ0) is 20.2. The maximum absolute atomic E-state index is 12.6. The molecule has 1 fully saturated rings. The van der Waals surface area contributed by atoms with Crippen molar-refractivity contribution in [3.63, 3.8) is 0 Å². The first-order valence-corrected chi connectivity index (χ1v) is 10.3. The highest BCUT2D eigenvalue weighted by atomic mass is 35.5. The molecule has 0 saturated heterocycles. The number of para-hydroxylation sites is 1. The van der Waals surface area contributed by atoms with Gasteiger partial charge >= 0.3 is 0 Å². The molecule has 0 unspecified atom stereocenters. The van der Waals surface area contributed by atoms with Crippen molar-refractivity contribution in [2.75, 3.05) is 4.42 Å². The lowest BCUT2D eigenvalue weighted by Gasteiger charge is -2.29. The van der Waals surface area contributed by atoms with E-state index in [1.807, 2.05) is 12.3 Å². The van der Waals surface area contributed by atoms with Gasteiger partial charge in [0.2, 0.25) is 5.91 Å². The van der Waals surface area contributed by atoms with Crippen molar-refractivity contribution in [2.45, 2.75) is 38.0 Å². The number of fused-ring (bicyclic) bond motifs is 1. The number of nitrogens with zero attached hydrogens (tertiary/aromatic N) is 3. The number of halogens is 1. The largest absolute Gasteiger partial charge is 0.273 e. The second-order valence-corrected chi connectivity index (χ2v) is 8.01. The van der Waals surface area contributed by atoms with Crippen molar-refractivity contribution >= 4 is 34.3 Å². The summed E-state index contributed by atoms with van der Waals surface area (Å²) in [5.41, 5.74) is 3.57. The Balaban J connectivity index is 1.37. The molecule has 4 nitrogen and oxygen atoms in total. The van der Waals surface area contributed by atoms with Crippen LogP contribution in [-0.2, 0) is 4.79 Å². The number of rotatable bonds is 4. The van der Waals surface area contributed by atoms with Crippen LogP contribution in [0, 0.1) is 17.2 Å². The molecule has 3 aromatic rings. The molecule has 0 atom stereocenters. The topological polar surface area (TPSA) is 57.0 Å². The first kappa shape index (κ1) is 19.4. The fourth-order valence-corrected chi connectivity index (χ4v) is 4.47. The SMILES string of the molecule is N#Cc1ccc(N(Cl)C(=O)CC2CCC(c3ccnc4ccccc34)CC2)cc1. The van der Waals surface area contributed by atoms with E-state index in [2.05, 4.69) is 35.3 Å². The molecule has 1 aliphatic carbocycles. The van der Waals surface area contributed by atoms with Gasteiger partial charge in [-0.3, -0.25) is 9.78 Å². The molecular weight excluding hydrogens is 382 g/mol. The van der Waals surface area contributed by atoms with E-state index in [0.29, 0.717) is 29.5 Å². The van der Waals surface area contributed by atoms with Crippen LogP contribution in [0.3, 0.4) is 0 Å². The summed E-state index contributed by atoms with van der Waals surface area (Å²) < 4.78 is 1.18. The van der Waals surface area contributed by atoms with E-state index >= 15 is 0 Å². The number of anilines is 1. The van der Waals surface area contributed by atoms with Crippen molar-refractivity contribution in [2.24, 2.45) is 5.92 Å². The molecule has 0 N–H and O–H groups in total. The van der Waals surface area contributed by atoms with Crippen LogP contribution in [0.4, 0.5) is 5.69 Å². The predicted octanol–water partition coefficient (Wildman–Crippen LogP) is 5.96. The minimum absolute atomic E-state index is 0.0887. The zero-order valence-electron chi connectivity index (χ0n) is 16.1. The number of nitriles is 1. The maximum Gasteiger partial charge on any atom is 0.241 e. The Kier molecular flexibility index (Phi) is 5.78. The molecule has 0 radical (unpaired) electrons. The van der Waals surface area contributed by atoms with Crippen molar-refractivity contribution < 1.29 is 4.79 Å². The number of carbonyl (C=O) groups is 1. The van der Waals surface area contributed by atoms with Gasteiger partial charge in [-0.15, -0.1) is 0 Å². The lowest BCUT2D eigenvalue weighted by Crippen LogP contribution is -2.25. The first-order chi connectivity index (χ1) is 14.2. The van der Waals surface area contributed by atoms with Gasteiger partial charge in [0, 0.05) is 29.8 Å². The molecule has 1 aliphatic rings. The number of carbonyl (C=O) groups excluding carboxylic acids is 1. The first-order valence-electron chi connectivity index (χ1n) is 9.98. The summed E-state index contributed by atoms with van der Waals surface area (Å²) >= 11 is 6.26. The fraction of sp³-hybridized carbons (Fsp3) is 0.292. The molecule has 5 heteroatoms. The Bertz CT molecular complexity index is 1040. The summed E-state index contributed by atoms with van der Waals surface area (Å²) in [5, 5.41) is 10.1. The van der Waals surface area contributed by atoms with Crippen LogP contribution in [0.1, 0.15) is 49.1 Å². The van der Waals surface area contributed by atoms with Crippen LogP contribution in [-0.4, -0.2) is 10.9 Å². The number of aromatic nitrogens is 1. The Morgan fingerprint density at radius 3 is 2.52 bits per heavy atom. The molecule has 0 aliphatic heterocycles. The second-order valence-electron chi connectivity index (χ2n) is 7.67. The van der Waals surface area contributed by atoms with E-state index < -0.39 is 0 Å². The molecule has 1 heterocycles. The lowest BCUT2D eigenvalue weighted by atomic mass is 9.77. The van der Waals surface area contributed by atoms with E-state index in [9.17, 15) is 4.79 Å². The van der Waals surface area contributed by atoms with Crippen molar-refractivity contribution in [1.82, 2.24) is 4.98 Å². The quantitative estimate of drug-likeness (QED) is 0.505. The normalized spacial score (nSPS) is 18.9. The Hall–Kier alpha value is -2.90. The third-order valence-electron chi connectivity index (χ3n) is 5.87. The number of hydrogen-bond donors (Lipinski definition) is 0. The van der Waals surface area contributed by atoms with E-state index in [1.54, 1.807) is 24.3 Å². The molecule has 146 valence electrons. The average molecular weight is 404 g/mol. The number of amides is 1. The fourth-order valence-electron chi connectivity index (χ4n) is 4.29. The molecular formula is C24H22ClN3O. The van der Waals surface area contributed by atoms with E-state index in [4.69, 9.17) is 17.0 Å². The molecule has 1 aromatic heterocycles. The number of benzene rings is 2. The summed E-state index contributed by atoms with van der Waals surface area (Å²) in [7, 11) is 0. The molecule has 1 amide bonds. The molecule has 29 heavy (non-hydrogen) atoms. The van der Waals surface area contributed by atoms with Crippen LogP contribution in [0.25, 0.3) is 10.9 Å². The zero-order valence-corrected chi connectivity index (χ0v) is 16.8. The van der Waals surface area contributed by atoms with E-state index in [-0.39, 0.29) is 5.91 Å². The summed E-state index contributed by atoms with van der Waals surface area (Å²) in [6, 6.07) is 19.2. The van der Waals surface area contributed by atoms with E-state index in [0.717, 1.165) is 31.2 Å². The molecule has 0 spiro atoms.